The maximum Gasteiger partial charge on any atom is 0.145 e. The van der Waals surface area contributed by atoms with Gasteiger partial charge in [0.25, 0.3) is 0 Å². The van der Waals surface area contributed by atoms with Gasteiger partial charge in [0.15, 0.2) is 0 Å². The summed E-state index contributed by atoms with van der Waals surface area (Å²) < 4.78 is 7.02. The van der Waals surface area contributed by atoms with Crippen molar-refractivity contribution in [1.29, 1.82) is 0 Å². The summed E-state index contributed by atoms with van der Waals surface area (Å²) in [5.74, 6) is 0. The van der Waals surface area contributed by atoms with E-state index < -0.39 is 0 Å². The molecule has 0 aliphatic heterocycles. The molecule has 58 heavy (non-hydrogen) atoms. The number of fused-ring (bicyclic) bond motifs is 6. The molecule has 0 fully saturated rings. The Balaban J connectivity index is 1.20. The summed E-state index contributed by atoms with van der Waals surface area (Å²) in [7, 11) is 0. The summed E-state index contributed by atoms with van der Waals surface area (Å²) in [5.41, 5.74) is 14.1. The Morgan fingerprint density at radius 3 is 1.50 bits per heavy atom. The number of furan rings is 1. The van der Waals surface area contributed by atoms with Crippen LogP contribution in [0.5, 0.6) is 0 Å². The number of nitrogens with zero attached hydrogens (tertiary/aromatic N) is 1. The Morgan fingerprint density at radius 2 is 0.793 bits per heavy atom. The first-order valence-electron chi connectivity index (χ1n) is 19.8. The van der Waals surface area contributed by atoms with Crippen LogP contribution < -0.4 is 4.90 Å². The normalized spacial score (nSPS) is 11.4. The molecule has 0 spiro atoms. The molecule has 1 aromatic heterocycles. The number of hydrogen-bond donors (Lipinski definition) is 0. The van der Waals surface area contributed by atoms with E-state index in [4.69, 9.17) is 4.42 Å². The van der Waals surface area contributed by atoms with E-state index in [1.807, 2.05) is 0 Å². The Hall–Kier alpha value is -7.68. The summed E-state index contributed by atoms with van der Waals surface area (Å²) in [4.78, 5) is 2.45. The van der Waals surface area contributed by atoms with Crippen LogP contribution in [-0.4, -0.2) is 0 Å². The molecule has 11 rings (SSSR count). The highest BCUT2D eigenvalue weighted by Crippen LogP contribution is 2.51. The van der Waals surface area contributed by atoms with Crippen LogP contribution in [0.2, 0.25) is 0 Å². The molecular weight excluding hydrogens is 703 g/mol. The van der Waals surface area contributed by atoms with E-state index in [-0.39, 0.29) is 0 Å². The van der Waals surface area contributed by atoms with Gasteiger partial charge in [0.05, 0.1) is 22.4 Å². The monoisotopic (exact) mass is 739 g/mol. The zero-order valence-corrected chi connectivity index (χ0v) is 31.7. The van der Waals surface area contributed by atoms with Crippen molar-refractivity contribution >= 4 is 60.5 Å². The van der Waals surface area contributed by atoms with Crippen LogP contribution in [0.15, 0.2) is 229 Å². The second-order valence-electron chi connectivity index (χ2n) is 14.8. The molecule has 0 atom stereocenters. The van der Waals surface area contributed by atoms with Crippen molar-refractivity contribution in [1.82, 2.24) is 0 Å². The zero-order chi connectivity index (χ0) is 38.4. The van der Waals surface area contributed by atoms with Crippen molar-refractivity contribution in [3.63, 3.8) is 0 Å². The van der Waals surface area contributed by atoms with Crippen molar-refractivity contribution < 1.29 is 4.42 Å². The molecule has 1 heterocycles. The first kappa shape index (κ1) is 33.6. The predicted molar refractivity (Wildman–Crippen MR) is 245 cm³/mol. The topological polar surface area (TPSA) is 16.4 Å². The van der Waals surface area contributed by atoms with E-state index >= 15 is 0 Å². The summed E-state index contributed by atoms with van der Waals surface area (Å²) in [5, 5.41) is 7.03. The van der Waals surface area contributed by atoms with Crippen LogP contribution in [0.4, 0.5) is 17.1 Å². The molecule has 272 valence electrons. The Bertz CT molecular complexity index is 3270. The summed E-state index contributed by atoms with van der Waals surface area (Å²) in [6, 6.07) is 80.5. The molecule has 0 amide bonds. The van der Waals surface area contributed by atoms with Crippen LogP contribution in [0.25, 0.3) is 88.0 Å². The van der Waals surface area contributed by atoms with Gasteiger partial charge >= 0.3 is 0 Å². The lowest BCUT2D eigenvalue weighted by molar-refractivity contribution is 0.670. The van der Waals surface area contributed by atoms with Gasteiger partial charge in [-0.25, -0.2) is 0 Å². The maximum absolute atomic E-state index is 7.02. The van der Waals surface area contributed by atoms with Crippen molar-refractivity contribution in [2.75, 3.05) is 4.90 Å². The SMILES string of the molecule is c1ccc(-c2ccc(-c3ccccc3N(c3ccccc3-c3ccccc3)c3ccc(-c4cc5ccccc5c5ccccc45)c4oc5ccccc5c34)cc2)cc1. The van der Waals surface area contributed by atoms with Gasteiger partial charge in [0, 0.05) is 22.1 Å². The molecule has 0 saturated heterocycles. The Morgan fingerprint density at radius 1 is 0.293 bits per heavy atom. The predicted octanol–water partition coefficient (Wildman–Crippen LogP) is 16.0. The Labute approximate surface area is 337 Å². The smallest absolute Gasteiger partial charge is 0.145 e. The molecule has 2 nitrogen and oxygen atoms in total. The van der Waals surface area contributed by atoms with Crippen molar-refractivity contribution in [2.24, 2.45) is 0 Å². The van der Waals surface area contributed by atoms with Gasteiger partial charge in [-0.2, -0.15) is 0 Å². The minimum atomic E-state index is 0.859. The van der Waals surface area contributed by atoms with Gasteiger partial charge in [0.2, 0.25) is 0 Å². The highest BCUT2D eigenvalue weighted by Gasteiger charge is 2.26. The second kappa shape index (κ2) is 14.1. The molecule has 11 aromatic rings. The molecule has 0 radical (unpaired) electrons. The van der Waals surface area contributed by atoms with Crippen molar-refractivity contribution in [2.45, 2.75) is 0 Å². The van der Waals surface area contributed by atoms with E-state index in [1.54, 1.807) is 0 Å². The second-order valence-corrected chi connectivity index (χ2v) is 14.8. The molecular formula is C56H37NO. The van der Waals surface area contributed by atoms with E-state index in [0.717, 1.165) is 72.4 Å². The number of benzene rings is 10. The van der Waals surface area contributed by atoms with Crippen LogP contribution in [0.3, 0.4) is 0 Å². The largest absolute Gasteiger partial charge is 0.455 e. The third kappa shape index (κ3) is 5.66. The third-order valence-electron chi connectivity index (χ3n) is 11.5. The lowest BCUT2D eigenvalue weighted by Gasteiger charge is -2.30. The summed E-state index contributed by atoms with van der Waals surface area (Å²) in [6.07, 6.45) is 0. The Kier molecular flexibility index (Phi) is 8.19. The molecule has 0 saturated carbocycles. The molecule has 0 aliphatic carbocycles. The van der Waals surface area contributed by atoms with E-state index in [1.165, 1.54) is 32.7 Å². The fraction of sp³-hybridized carbons (Fsp3) is 0. The van der Waals surface area contributed by atoms with Crippen molar-refractivity contribution in [3.05, 3.63) is 224 Å². The standard InChI is InChI=1S/C56H37NO/c1-3-17-38(18-4-1)39-31-33-41(34-32-39)45-24-12-15-29-52(45)57(51-28-14-11-23-44(51)40-19-5-2-6-20-40)53-36-35-48(56-55(53)49-27-13-16-30-54(49)58-56)50-37-42-21-7-8-22-43(42)46-25-9-10-26-47(46)50/h1-37H. The van der Waals surface area contributed by atoms with Gasteiger partial charge in [-0.1, -0.05) is 188 Å². The average Bonchev–Trinajstić information content (AvgIpc) is 3.70. The summed E-state index contributed by atoms with van der Waals surface area (Å²) in [6.45, 7) is 0. The molecule has 0 bridgehead atoms. The number of para-hydroxylation sites is 3. The van der Waals surface area contributed by atoms with Gasteiger partial charge in [-0.05, 0) is 85.8 Å². The van der Waals surface area contributed by atoms with Crippen molar-refractivity contribution in [3.8, 4) is 44.5 Å². The van der Waals surface area contributed by atoms with Gasteiger partial charge < -0.3 is 9.32 Å². The molecule has 0 aliphatic rings. The van der Waals surface area contributed by atoms with Gasteiger partial charge in [-0.3, -0.25) is 0 Å². The quantitative estimate of drug-likeness (QED) is 0.151. The van der Waals surface area contributed by atoms with E-state index in [2.05, 4.69) is 229 Å². The molecule has 2 heteroatoms. The lowest BCUT2D eigenvalue weighted by atomic mass is 9.91. The number of anilines is 3. The summed E-state index contributed by atoms with van der Waals surface area (Å²) >= 11 is 0. The fourth-order valence-corrected chi connectivity index (χ4v) is 8.79. The minimum absolute atomic E-state index is 0.859. The van der Waals surface area contributed by atoms with Crippen LogP contribution in [-0.2, 0) is 0 Å². The van der Waals surface area contributed by atoms with E-state index in [0.29, 0.717) is 0 Å². The average molecular weight is 740 g/mol. The first-order chi connectivity index (χ1) is 28.8. The molecule has 0 N–H and O–H groups in total. The highest BCUT2D eigenvalue weighted by molar-refractivity contribution is 6.21. The molecule has 10 aromatic carbocycles. The zero-order valence-electron chi connectivity index (χ0n) is 31.7. The van der Waals surface area contributed by atoms with Crippen LogP contribution in [0.1, 0.15) is 0 Å². The number of hydrogen-bond acceptors (Lipinski definition) is 2. The first-order valence-corrected chi connectivity index (χ1v) is 19.8. The van der Waals surface area contributed by atoms with Gasteiger partial charge in [-0.15, -0.1) is 0 Å². The van der Waals surface area contributed by atoms with Crippen LogP contribution in [0, 0.1) is 0 Å². The maximum atomic E-state index is 7.02. The van der Waals surface area contributed by atoms with Crippen LogP contribution >= 0.6 is 0 Å². The number of rotatable bonds is 7. The highest BCUT2D eigenvalue weighted by atomic mass is 16.3. The minimum Gasteiger partial charge on any atom is -0.455 e. The third-order valence-corrected chi connectivity index (χ3v) is 11.5. The molecule has 0 unspecified atom stereocenters. The lowest BCUT2D eigenvalue weighted by Crippen LogP contribution is -2.13. The van der Waals surface area contributed by atoms with Gasteiger partial charge in [0.1, 0.15) is 11.2 Å². The van der Waals surface area contributed by atoms with E-state index in [9.17, 15) is 0 Å². The fourth-order valence-electron chi connectivity index (χ4n) is 8.79.